The third kappa shape index (κ3) is 3.16. The van der Waals surface area contributed by atoms with E-state index < -0.39 is 0 Å². The number of anilines is 2. The van der Waals surface area contributed by atoms with E-state index >= 15 is 0 Å². The Morgan fingerprint density at radius 1 is 1.25 bits per heavy atom. The monoisotopic (exact) mass is 416 g/mol. The fourth-order valence-electron chi connectivity index (χ4n) is 1.78. The van der Waals surface area contributed by atoms with E-state index in [1.165, 1.54) is 0 Å². The van der Waals surface area contributed by atoms with E-state index in [-0.39, 0.29) is 11.5 Å². The average molecular weight is 419 g/mol. The minimum absolute atomic E-state index is 0.272. The first kappa shape index (κ1) is 15.4. The number of rotatable bonds is 2. The number of hydrogen-bond acceptors (Lipinski definition) is 2. The highest BCUT2D eigenvalue weighted by Gasteiger charge is 2.16. The van der Waals surface area contributed by atoms with E-state index in [1.807, 2.05) is 19.1 Å². The zero-order valence-corrected chi connectivity index (χ0v) is 14.4. The van der Waals surface area contributed by atoms with Gasteiger partial charge in [0.1, 0.15) is 0 Å². The van der Waals surface area contributed by atoms with Crippen LogP contribution in [0.1, 0.15) is 15.9 Å². The Labute approximate surface area is 138 Å². The number of halogens is 3. The number of hydrogen-bond donors (Lipinski definition) is 2. The van der Waals surface area contributed by atoms with Gasteiger partial charge in [-0.05, 0) is 68.6 Å². The molecule has 0 atom stereocenters. The highest BCUT2D eigenvalue weighted by atomic mass is 79.9. The lowest BCUT2D eigenvalue weighted by atomic mass is 10.1. The number of nitrogens with one attached hydrogen (secondary N) is 1. The Kier molecular flexibility index (Phi) is 4.73. The molecule has 0 unspecified atom stereocenters. The average Bonchev–Trinajstić information content (AvgIpc) is 2.33. The molecule has 104 valence electrons. The number of nitrogens with two attached hydrogens (primary N) is 1. The summed E-state index contributed by atoms with van der Waals surface area (Å²) in [4.78, 5) is 12.3. The van der Waals surface area contributed by atoms with Crippen LogP contribution in [-0.2, 0) is 0 Å². The molecule has 0 aliphatic rings. The molecule has 2 rings (SSSR count). The van der Waals surface area contributed by atoms with Gasteiger partial charge in [-0.1, -0.05) is 17.7 Å². The van der Waals surface area contributed by atoms with Crippen molar-refractivity contribution in [2.24, 2.45) is 0 Å². The molecule has 20 heavy (non-hydrogen) atoms. The Balaban J connectivity index is 2.38. The SMILES string of the molecule is Cc1cc(Br)c(NC(=O)c2c(N)cccc2Cl)c(Br)c1. The molecule has 0 aromatic heterocycles. The summed E-state index contributed by atoms with van der Waals surface area (Å²) in [6, 6.07) is 8.80. The summed E-state index contributed by atoms with van der Waals surface area (Å²) in [6.07, 6.45) is 0. The molecule has 2 aromatic carbocycles. The van der Waals surface area contributed by atoms with Crippen molar-refractivity contribution in [1.29, 1.82) is 0 Å². The molecule has 0 spiro atoms. The predicted octanol–water partition coefficient (Wildman–Crippen LogP) is 5.01. The van der Waals surface area contributed by atoms with Crippen molar-refractivity contribution < 1.29 is 4.79 Å². The fraction of sp³-hybridized carbons (Fsp3) is 0.0714. The normalized spacial score (nSPS) is 10.4. The lowest BCUT2D eigenvalue weighted by Crippen LogP contribution is -2.15. The lowest BCUT2D eigenvalue weighted by molar-refractivity contribution is 0.102. The molecule has 0 bridgehead atoms. The summed E-state index contributed by atoms with van der Waals surface area (Å²) < 4.78 is 1.56. The van der Waals surface area contributed by atoms with E-state index in [1.54, 1.807) is 18.2 Å². The molecular formula is C14H11Br2ClN2O. The van der Waals surface area contributed by atoms with Gasteiger partial charge >= 0.3 is 0 Å². The summed E-state index contributed by atoms with van der Waals surface area (Å²) >= 11 is 12.9. The van der Waals surface area contributed by atoms with Crippen molar-refractivity contribution in [1.82, 2.24) is 0 Å². The number of benzene rings is 2. The lowest BCUT2D eigenvalue weighted by Gasteiger charge is -2.12. The van der Waals surface area contributed by atoms with Crippen molar-refractivity contribution in [3.63, 3.8) is 0 Å². The number of carbonyl (C=O) groups is 1. The molecule has 0 heterocycles. The van der Waals surface area contributed by atoms with Crippen LogP contribution in [0.4, 0.5) is 11.4 Å². The fourth-order valence-corrected chi connectivity index (χ4v) is 3.66. The molecule has 0 fully saturated rings. The van der Waals surface area contributed by atoms with Crippen LogP contribution in [0, 0.1) is 6.92 Å². The summed E-state index contributed by atoms with van der Waals surface area (Å²) in [5.74, 6) is -0.349. The first-order valence-corrected chi connectivity index (χ1v) is 7.67. The van der Waals surface area contributed by atoms with Gasteiger partial charge in [0.15, 0.2) is 0 Å². The third-order valence-corrected chi connectivity index (χ3v) is 4.26. The van der Waals surface area contributed by atoms with Gasteiger partial charge in [-0.3, -0.25) is 4.79 Å². The van der Waals surface area contributed by atoms with Gasteiger partial charge in [0.05, 0.1) is 16.3 Å². The van der Waals surface area contributed by atoms with Crippen LogP contribution in [0.3, 0.4) is 0 Å². The van der Waals surface area contributed by atoms with E-state index in [4.69, 9.17) is 17.3 Å². The maximum Gasteiger partial charge on any atom is 0.259 e. The maximum atomic E-state index is 12.3. The smallest absolute Gasteiger partial charge is 0.259 e. The molecule has 6 heteroatoms. The second-order valence-corrected chi connectivity index (χ2v) is 6.38. The van der Waals surface area contributed by atoms with Gasteiger partial charge in [0.25, 0.3) is 5.91 Å². The largest absolute Gasteiger partial charge is 0.398 e. The van der Waals surface area contributed by atoms with Crippen LogP contribution >= 0.6 is 43.5 Å². The minimum Gasteiger partial charge on any atom is -0.398 e. The molecule has 1 amide bonds. The van der Waals surface area contributed by atoms with Crippen LogP contribution < -0.4 is 11.1 Å². The molecule has 3 nitrogen and oxygen atoms in total. The van der Waals surface area contributed by atoms with E-state index in [2.05, 4.69) is 37.2 Å². The molecule has 0 aliphatic heterocycles. The molecule has 2 aromatic rings. The summed E-state index contributed by atoms with van der Waals surface area (Å²) in [5, 5.41) is 3.13. The topological polar surface area (TPSA) is 55.1 Å². The Morgan fingerprint density at radius 2 is 1.85 bits per heavy atom. The Morgan fingerprint density at radius 3 is 2.40 bits per heavy atom. The third-order valence-electron chi connectivity index (χ3n) is 2.70. The van der Waals surface area contributed by atoms with Crippen molar-refractivity contribution >= 4 is 60.7 Å². The van der Waals surface area contributed by atoms with E-state index in [0.717, 1.165) is 14.5 Å². The first-order valence-electron chi connectivity index (χ1n) is 5.71. The van der Waals surface area contributed by atoms with Crippen LogP contribution in [0.5, 0.6) is 0 Å². The Bertz CT molecular complexity index is 646. The number of aryl methyl sites for hydroxylation is 1. The van der Waals surface area contributed by atoms with Crippen LogP contribution in [0.2, 0.25) is 5.02 Å². The minimum atomic E-state index is -0.349. The zero-order chi connectivity index (χ0) is 14.9. The highest BCUT2D eigenvalue weighted by molar-refractivity contribution is 9.11. The van der Waals surface area contributed by atoms with Crippen molar-refractivity contribution in [3.8, 4) is 0 Å². The van der Waals surface area contributed by atoms with E-state index in [9.17, 15) is 4.79 Å². The van der Waals surface area contributed by atoms with Crippen LogP contribution in [-0.4, -0.2) is 5.91 Å². The summed E-state index contributed by atoms with van der Waals surface area (Å²) in [5.41, 5.74) is 8.13. The van der Waals surface area contributed by atoms with Gasteiger partial charge in [-0.25, -0.2) is 0 Å². The number of nitrogen functional groups attached to an aromatic ring is 1. The van der Waals surface area contributed by atoms with Crippen molar-refractivity contribution in [3.05, 3.63) is 55.4 Å². The maximum absolute atomic E-state index is 12.3. The first-order chi connectivity index (χ1) is 9.40. The van der Waals surface area contributed by atoms with E-state index in [0.29, 0.717) is 16.4 Å². The van der Waals surface area contributed by atoms with Gasteiger partial charge in [-0.15, -0.1) is 0 Å². The molecule has 0 radical (unpaired) electrons. The van der Waals surface area contributed by atoms with Gasteiger partial charge in [-0.2, -0.15) is 0 Å². The Hall–Kier alpha value is -1.04. The van der Waals surface area contributed by atoms with Crippen LogP contribution in [0.15, 0.2) is 39.3 Å². The van der Waals surface area contributed by atoms with Gasteiger partial charge in [0.2, 0.25) is 0 Å². The second kappa shape index (κ2) is 6.16. The number of amides is 1. The highest BCUT2D eigenvalue weighted by Crippen LogP contribution is 2.33. The number of carbonyl (C=O) groups excluding carboxylic acids is 1. The molecular weight excluding hydrogens is 407 g/mol. The molecule has 3 N–H and O–H groups in total. The molecule has 0 aliphatic carbocycles. The van der Waals surface area contributed by atoms with Crippen molar-refractivity contribution in [2.45, 2.75) is 6.92 Å². The van der Waals surface area contributed by atoms with Crippen molar-refractivity contribution in [2.75, 3.05) is 11.1 Å². The van der Waals surface area contributed by atoms with Gasteiger partial charge < -0.3 is 11.1 Å². The molecule has 0 saturated heterocycles. The summed E-state index contributed by atoms with van der Waals surface area (Å²) in [6.45, 7) is 1.97. The quantitative estimate of drug-likeness (QED) is 0.674. The zero-order valence-electron chi connectivity index (χ0n) is 10.5. The van der Waals surface area contributed by atoms with Gasteiger partial charge in [0, 0.05) is 14.6 Å². The molecule has 0 saturated carbocycles. The second-order valence-electron chi connectivity index (χ2n) is 4.26. The predicted molar refractivity (Wildman–Crippen MR) is 90.4 cm³/mol. The van der Waals surface area contributed by atoms with Crippen LogP contribution in [0.25, 0.3) is 0 Å². The standard InChI is InChI=1S/C14H11Br2ClN2O/c1-7-5-8(15)13(9(16)6-7)19-14(20)12-10(17)3-2-4-11(12)18/h2-6H,18H2,1H3,(H,19,20). The summed E-state index contributed by atoms with van der Waals surface area (Å²) in [7, 11) is 0.